The maximum Gasteiger partial charge on any atom is 0.222 e. The third-order valence-corrected chi connectivity index (χ3v) is 5.90. The van der Waals surface area contributed by atoms with Crippen LogP contribution in [0.15, 0.2) is 24.3 Å². The van der Waals surface area contributed by atoms with Crippen LogP contribution in [0, 0.1) is 0 Å². The van der Waals surface area contributed by atoms with E-state index in [0.717, 1.165) is 62.4 Å². The van der Waals surface area contributed by atoms with E-state index in [1.54, 1.807) is 11.3 Å². The fourth-order valence-electron chi connectivity index (χ4n) is 3.25. The van der Waals surface area contributed by atoms with Crippen LogP contribution in [-0.2, 0) is 16.0 Å². The highest BCUT2D eigenvalue weighted by atomic mass is 32.1. The number of nitrogens with zero attached hydrogens (tertiary/aromatic N) is 3. The van der Waals surface area contributed by atoms with Crippen LogP contribution in [0.2, 0.25) is 0 Å². The lowest BCUT2D eigenvalue weighted by Crippen LogP contribution is -2.41. The lowest BCUT2D eigenvalue weighted by molar-refractivity contribution is -0.133. The van der Waals surface area contributed by atoms with Gasteiger partial charge in [0.25, 0.3) is 0 Å². The van der Waals surface area contributed by atoms with Crippen molar-refractivity contribution >= 4 is 27.5 Å². The number of likely N-dealkylation sites (N-methyl/N-ethyl adjacent to an activating group) is 1. The molecule has 5 nitrogen and oxygen atoms in total. The minimum atomic E-state index is 0.276. The van der Waals surface area contributed by atoms with Crippen molar-refractivity contribution in [2.24, 2.45) is 0 Å². The third-order valence-electron chi connectivity index (χ3n) is 4.81. The van der Waals surface area contributed by atoms with Gasteiger partial charge in [-0.05, 0) is 51.9 Å². The summed E-state index contributed by atoms with van der Waals surface area (Å²) < 4.78 is 7.13. The van der Waals surface area contributed by atoms with Gasteiger partial charge in [0.1, 0.15) is 0 Å². The van der Waals surface area contributed by atoms with Crippen LogP contribution in [-0.4, -0.2) is 67.1 Å². The van der Waals surface area contributed by atoms with E-state index in [4.69, 9.17) is 4.74 Å². The number of fused-ring (bicyclic) bond motifs is 1. The monoisotopic (exact) mass is 375 g/mol. The molecule has 0 saturated carbocycles. The number of aromatic nitrogens is 1. The van der Waals surface area contributed by atoms with Gasteiger partial charge in [0.05, 0.1) is 27.9 Å². The maximum atomic E-state index is 12.4. The Morgan fingerprint density at radius 2 is 2.08 bits per heavy atom. The van der Waals surface area contributed by atoms with E-state index in [9.17, 15) is 4.79 Å². The van der Waals surface area contributed by atoms with Crippen LogP contribution in [0.5, 0.6) is 0 Å². The van der Waals surface area contributed by atoms with E-state index >= 15 is 0 Å². The highest BCUT2D eigenvalue weighted by Crippen LogP contribution is 2.23. The largest absolute Gasteiger partial charge is 0.377 e. The first kappa shape index (κ1) is 19.3. The number of thiazole rings is 1. The molecule has 0 spiro atoms. The molecular weight excluding hydrogens is 346 g/mol. The first-order valence-corrected chi connectivity index (χ1v) is 10.3. The average Bonchev–Trinajstić information content (AvgIpc) is 3.04. The minimum Gasteiger partial charge on any atom is -0.377 e. The number of carbonyl (C=O) groups excluding carboxylic acids is 1. The Bertz CT molecular complexity index is 675. The Kier molecular flexibility index (Phi) is 7.00. The molecule has 0 unspecified atom stereocenters. The standard InChI is InChI=1S/C20H29N3O2S/c1-22(2)14-15-25-16-10-12-23(13-11-16)20(24)9-5-8-19-21-17-6-3-4-7-18(17)26-19/h3-4,6-7,16H,5,8-15H2,1-2H3. The normalized spacial score (nSPS) is 15.9. The molecule has 1 aliphatic rings. The summed E-state index contributed by atoms with van der Waals surface area (Å²) in [7, 11) is 4.11. The van der Waals surface area contributed by atoms with Crippen LogP contribution >= 0.6 is 11.3 Å². The van der Waals surface area contributed by atoms with E-state index in [1.807, 2.05) is 23.1 Å². The second-order valence-electron chi connectivity index (χ2n) is 7.18. The van der Waals surface area contributed by atoms with E-state index in [2.05, 4.69) is 30.0 Å². The SMILES string of the molecule is CN(C)CCOC1CCN(C(=O)CCCc2nc3ccccc3s2)CC1. The molecule has 142 valence electrons. The Hall–Kier alpha value is -1.50. The summed E-state index contributed by atoms with van der Waals surface area (Å²) in [6.07, 6.45) is 4.59. The Morgan fingerprint density at radius 1 is 1.31 bits per heavy atom. The molecule has 1 aliphatic heterocycles. The summed E-state index contributed by atoms with van der Waals surface area (Å²) in [5.41, 5.74) is 1.06. The van der Waals surface area contributed by atoms with Crippen molar-refractivity contribution in [3.8, 4) is 0 Å². The molecule has 0 N–H and O–H groups in total. The van der Waals surface area contributed by atoms with Crippen molar-refractivity contribution in [2.75, 3.05) is 40.3 Å². The van der Waals surface area contributed by atoms with Gasteiger partial charge in [-0.2, -0.15) is 0 Å². The van der Waals surface area contributed by atoms with Crippen molar-refractivity contribution in [3.63, 3.8) is 0 Å². The molecule has 1 saturated heterocycles. The van der Waals surface area contributed by atoms with Gasteiger partial charge in [-0.3, -0.25) is 4.79 Å². The van der Waals surface area contributed by atoms with Crippen LogP contribution < -0.4 is 0 Å². The minimum absolute atomic E-state index is 0.276. The molecule has 2 heterocycles. The first-order chi connectivity index (χ1) is 12.6. The molecule has 3 rings (SSSR count). The molecule has 0 radical (unpaired) electrons. The lowest BCUT2D eigenvalue weighted by Gasteiger charge is -2.32. The molecule has 1 aromatic carbocycles. The number of likely N-dealkylation sites (tertiary alicyclic amines) is 1. The fraction of sp³-hybridized carbons (Fsp3) is 0.600. The van der Waals surface area contributed by atoms with E-state index < -0.39 is 0 Å². The summed E-state index contributed by atoms with van der Waals surface area (Å²) in [6, 6.07) is 8.21. The zero-order chi connectivity index (χ0) is 18.4. The average molecular weight is 376 g/mol. The zero-order valence-corrected chi connectivity index (χ0v) is 16.6. The van der Waals surface area contributed by atoms with Gasteiger partial charge in [0.15, 0.2) is 0 Å². The Balaban J connectivity index is 1.35. The predicted molar refractivity (Wildman–Crippen MR) is 107 cm³/mol. The lowest BCUT2D eigenvalue weighted by atomic mass is 10.1. The van der Waals surface area contributed by atoms with Crippen molar-refractivity contribution < 1.29 is 9.53 Å². The molecular formula is C20H29N3O2S. The van der Waals surface area contributed by atoms with Gasteiger partial charge >= 0.3 is 0 Å². The van der Waals surface area contributed by atoms with Gasteiger partial charge in [-0.25, -0.2) is 4.98 Å². The van der Waals surface area contributed by atoms with Crippen molar-refractivity contribution in [2.45, 2.75) is 38.2 Å². The predicted octanol–water partition coefficient (Wildman–Crippen LogP) is 3.19. The summed E-state index contributed by atoms with van der Waals surface area (Å²) in [6.45, 7) is 3.37. The molecule has 0 atom stereocenters. The van der Waals surface area contributed by atoms with E-state index in [-0.39, 0.29) is 5.91 Å². The summed E-state index contributed by atoms with van der Waals surface area (Å²) in [5.74, 6) is 0.276. The molecule has 0 bridgehead atoms. The van der Waals surface area contributed by atoms with Gasteiger partial charge in [0.2, 0.25) is 5.91 Å². The van der Waals surface area contributed by atoms with Gasteiger partial charge in [0, 0.05) is 26.1 Å². The summed E-state index contributed by atoms with van der Waals surface area (Å²) in [4.78, 5) is 21.2. The van der Waals surface area contributed by atoms with Crippen molar-refractivity contribution in [1.82, 2.24) is 14.8 Å². The quantitative estimate of drug-likeness (QED) is 0.711. The molecule has 1 amide bonds. The zero-order valence-electron chi connectivity index (χ0n) is 15.8. The van der Waals surface area contributed by atoms with Crippen molar-refractivity contribution in [3.05, 3.63) is 29.3 Å². The van der Waals surface area contributed by atoms with Crippen molar-refractivity contribution in [1.29, 1.82) is 0 Å². The number of benzene rings is 1. The Morgan fingerprint density at radius 3 is 2.81 bits per heavy atom. The smallest absolute Gasteiger partial charge is 0.222 e. The number of rotatable bonds is 8. The fourth-order valence-corrected chi connectivity index (χ4v) is 4.26. The number of para-hydroxylation sites is 1. The number of carbonyl (C=O) groups is 1. The molecule has 2 aromatic rings. The van der Waals surface area contributed by atoms with E-state index in [1.165, 1.54) is 4.70 Å². The number of hydrogen-bond donors (Lipinski definition) is 0. The number of ether oxygens (including phenoxy) is 1. The maximum absolute atomic E-state index is 12.4. The van der Waals surface area contributed by atoms with Crippen LogP contribution in [0.25, 0.3) is 10.2 Å². The third kappa shape index (κ3) is 5.50. The first-order valence-electron chi connectivity index (χ1n) is 9.50. The topological polar surface area (TPSA) is 45.7 Å². The summed E-state index contributed by atoms with van der Waals surface area (Å²) in [5, 5.41) is 1.13. The van der Waals surface area contributed by atoms with Gasteiger partial charge in [-0.1, -0.05) is 12.1 Å². The summed E-state index contributed by atoms with van der Waals surface area (Å²) >= 11 is 1.74. The number of piperidine rings is 1. The highest BCUT2D eigenvalue weighted by Gasteiger charge is 2.22. The Labute approximate surface area is 160 Å². The van der Waals surface area contributed by atoms with Crippen LogP contribution in [0.3, 0.4) is 0 Å². The highest BCUT2D eigenvalue weighted by molar-refractivity contribution is 7.18. The molecule has 1 fully saturated rings. The number of hydrogen-bond acceptors (Lipinski definition) is 5. The number of amides is 1. The van der Waals surface area contributed by atoms with Gasteiger partial charge < -0.3 is 14.5 Å². The second kappa shape index (κ2) is 9.44. The second-order valence-corrected chi connectivity index (χ2v) is 8.30. The van der Waals surface area contributed by atoms with Gasteiger partial charge in [-0.15, -0.1) is 11.3 Å². The number of aryl methyl sites for hydroxylation is 1. The molecule has 6 heteroatoms. The van der Waals surface area contributed by atoms with E-state index in [0.29, 0.717) is 12.5 Å². The van der Waals surface area contributed by atoms with Crippen LogP contribution in [0.1, 0.15) is 30.7 Å². The molecule has 26 heavy (non-hydrogen) atoms. The molecule has 0 aliphatic carbocycles. The van der Waals surface area contributed by atoms with Crippen LogP contribution in [0.4, 0.5) is 0 Å². The molecule has 1 aromatic heterocycles.